The first-order chi connectivity index (χ1) is 13.1. The van der Waals surface area contributed by atoms with Gasteiger partial charge in [-0.25, -0.2) is 9.98 Å². The Hall–Kier alpha value is -1.58. The summed E-state index contributed by atoms with van der Waals surface area (Å²) < 4.78 is 5.68. The van der Waals surface area contributed by atoms with Gasteiger partial charge in [-0.05, 0) is 50.0 Å². The van der Waals surface area contributed by atoms with Gasteiger partial charge in [0.05, 0.1) is 13.2 Å². The minimum absolute atomic E-state index is 0. The van der Waals surface area contributed by atoms with Crippen molar-refractivity contribution < 1.29 is 9.53 Å². The van der Waals surface area contributed by atoms with Gasteiger partial charge in [-0.15, -0.1) is 24.0 Å². The lowest BCUT2D eigenvalue weighted by Crippen LogP contribution is -2.47. The third-order valence-electron chi connectivity index (χ3n) is 5.02. The van der Waals surface area contributed by atoms with Crippen molar-refractivity contribution in [2.24, 2.45) is 22.6 Å². The molecule has 3 rings (SSSR count). The summed E-state index contributed by atoms with van der Waals surface area (Å²) in [5, 5.41) is 3.36. The van der Waals surface area contributed by atoms with Gasteiger partial charge in [0, 0.05) is 38.3 Å². The number of nitrogens with zero attached hydrogens (tertiary/aromatic N) is 3. The van der Waals surface area contributed by atoms with Crippen LogP contribution in [0.15, 0.2) is 23.3 Å². The number of aliphatic imine (C=N–C) groups is 1. The summed E-state index contributed by atoms with van der Waals surface area (Å²) in [5.41, 5.74) is 6.42. The number of carbonyl (C=O) groups is 1. The van der Waals surface area contributed by atoms with Gasteiger partial charge in [-0.3, -0.25) is 4.79 Å². The fourth-order valence-corrected chi connectivity index (χ4v) is 3.38. The fraction of sp³-hybridized carbons (Fsp3) is 0.650. The standard InChI is InChI=1S/C20H31N5O2.HI/c1-2-22-20(25-9-3-4-16(13-25)10-18(21)26)24-12-17-7-8-19(23-11-17)27-14-15-5-6-15;/h7-8,11,15-16H,2-6,9-10,12-14H2,1H3,(H2,21,26)(H,22,24);1H. The molecule has 3 N–H and O–H groups in total. The predicted octanol–water partition coefficient (Wildman–Crippen LogP) is 2.54. The SMILES string of the molecule is CCNC(=NCc1ccc(OCC2CC2)nc1)N1CCCC(CC(N)=O)C1.I. The highest BCUT2D eigenvalue weighted by Gasteiger charge is 2.24. The van der Waals surface area contributed by atoms with Gasteiger partial charge in [-0.2, -0.15) is 0 Å². The van der Waals surface area contributed by atoms with E-state index >= 15 is 0 Å². The first-order valence-corrected chi connectivity index (χ1v) is 10.0. The highest BCUT2D eigenvalue weighted by Crippen LogP contribution is 2.29. The van der Waals surface area contributed by atoms with Crippen molar-refractivity contribution in [2.75, 3.05) is 26.2 Å². The highest BCUT2D eigenvalue weighted by atomic mass is 127. The maximum absolute atomic E-state index is 11.2. The molecule has 2 aliphatic rings. The van der Waals surface area contributed by atoms with E-state index in [1.54, 1.807) is 0 Å². The van der Waals surface area contributed by atoms with Crippen molar-refractivity contribution >= 4 is 35.8 Å². The topological polar surface area (TPSA) is 92.8 Å². The Morgan fingerprint density at radius 2 is 2.18 bits per heavy atom. The molecular weight excluding hydrogens is 469 g/mol. The molecule has 1 amide bonds. The second kappa shape index (κ2) is 11.4. The average molecular weight is 501 g/mol. The monoisotopic (exact) mass is 501 g/mol. The van der Waals surface area contributed by atoms with Crippen molar-refractivity contribution in [1.82, 2.24) is 15.2 Å². The average Bonchev–Trinajstić information content (AvgIpc) is 3.48. The quantitative estimate of drug-likeness (QED) is 0.325. The van der Waals surface area contributed by atoms with Gasteiger partial charge in [0.15, 0.2) is 5.96 Å². The summed E-state index contributed by atoms with van der Waals surface area (Å²) >= 11 is 0. The molecule has 7 nitrogen and oxygen atoms in total. The van der Waals surface area contributed by atoms with Crippen LogP contribution in [0.3, 0.4) is 0 Å². The Morgan fingerprint density at radius 3 is 2.82 bits per heavy atom. The van der Waals surface area contributed by atoms with Gasteiger partial charge < -0.3 is 20.7 Å². The third-order valence-corrected chi connectivity index (χ3v) is 5.02. The van der Waals surface area contributed by atoms with Crippen LogP contribution in [-0.2, 0) is 11.3 Å². The molecule has 1 aromatic heterocycles. The molecule has 0 bridgehead atoms. The summed E-state index contributed by atoms with van der Waals surface area (Å²) in [4.78, 5) is 22.6. The molecule has 0 aromatic carbocycles. The number of amides is 1. The van der Waals surface area contributed by atoms with Gasteiger partial charge in [-0.1, -0.05) is 6.07 Å². The van der Waals surface area contributed by atoms with E-state index in [4.69, 9.17) is 15.5 Å². The normalized spacial score (nSPS) is 19.7. The number of hydrogen-bond donors (Lipinski definition) is 2. The van der Waals surface area contributed by atoms with E-state index in [1.165, 1.54) is 12.8 Å². The Kier molecular flexibility index (Phi) is 9.27. The molecule has 1 aliphatic carbocycles. The zero-order valence-electron chi connectivity index (χ0n) is 16.6. The van der Waals surface area contributed by atoms with Crippen LogP contribution >= 0.6 is 24.0 Å². The number of carbonyl (C=O) groups excluding carboxylic acids is 1. The number of likely N-dealkylation sites (tertiary alicyclic amines) is 1. The van der Waals surface area contributed by atoms with Crippen LogP contribution in [0, 0.1) is 11.8 Å². The third kappa shape index (κ3) is 7.44. The summed E-state index contributed by atoms with van der Waals surface area (Å²) in [7, 11) is 0. The van der Waals surface area contributed by atoms with Crippen molar-refractivity contribution in [1.29, 1.82) is 0 Å². The smallest absolute Gasteiger partial charge is 0.217 e. The number of primary amides is 1. The molecular formula is C20H32IN5O2. The second-order valence-electron chi connectivity index (χ2n) is 7.55. The Labute approximate surface area is 184 Å². The van der Waals surface area contributed by atoms with E-state index in [1.807, 2.05) is 18.3 Å². The van der Waals surface area contributed by atoms with Crippen LogP contribution in [0.4, 0.5) is 0 Å². The van der Waals surface area contributed by atoms with Gasteiger partial charge in [0.2, 0.25) is 11.8 Å². The van der Waals surface area contributed by atoms with Crippen LogP contribution in [0.1, 0.15) is 44.6 Å². The number of nitrogens with one attached hydrogen (secondary N) is 1. The van der Waals surface area contributed by atoms with Crippen molar-refractivity contribution in [3.05, 3.63) is 23.9 Å². The van der Waals surface area contributed by atoms with Gasteiger partial charge in [0.1, 0.15) is 0 Å². The predicted molar refractivity (Wildman–Crippen MR) is 121 cm³/mol. The molecule has 0 spiro atoms. The number of rotatable bonds is 8. The van der Waals surface area contributed by atoms with Crippen LogP contribution in [0.2, 0.25) is 0 Å². The van der Waals surface area contributed by atoms with E-state index in [-0.39, 0.29) is 29.9 Å². The lowest BCUT2D eigenvalue weighted by Gasteiger charge is -2.34. The van der Waals surface area contributed by atoms with Gasteiger partial charge in [0.25, 0.3) is 0 Å². The maximum atomic E-state index is 11.2. The first kappa shape index (κ1) is 22.7. The molecule has 2 fully saturated rings. The molecule has 1 saturated heterocycles. The van der Waals surface area contributed by atoms with Crippen LogP contribution < -0.4 is 15.8 Å². The van der Waals surface area contributed by atoms with Gasteiger partial charge >= 0.3 is 0 Å². The zero-order chi connectivity index (χ0) is 19.1. The number of nitrogens with two attached hydrogens (primary N) is 1. The number of guanidine groups is 1. The lowest BCUT2D eigenvalue weighted by molar-refractivity contribution is -0.119. The lowest BCUT2D eigenvalue weighted by atomic mass is 9.95. The largest absolute Gasteiger partial charge is 0.477 e. The number of ether oxygens (including phenoxy) is 1. The van der Waals surface area contributed by atoms with Crippen LogP contribution in [0.5, 0.6) is 5.88 Å². The second-order valence-corrected chi connectivity index (χ2v) is 7.55. The minimum atomic E-state index is -0.223. The fourth-order valence-electron chi connectivity index (χ4n) is 3.38. The summed E-state index contributed by atoms with van der Waals surface area (Å²) in [6.07, 6.45) is 6.93. The van der Waals surface area contributed by atoms with Crippen LogP contribution in [-0.4, -0.2) is 48.0 Å². The van der Waals surface area contributed by atoms with Crippen LogP contribution in [0.25, 0.3) is 0 Å². The van der Waals surface area contributed by atoms with Crippen molar-refractivity contribution in [3.8, 4) is 5.88 Å². The Bertz CT molecular complexity index is 649. The van der Waals surface area contributed by atoms with E-state index in [0.717, 1.165) is 56.5 Å². The van der Waals surface area contributed by atoms with E-state index in [9.17, 15) is 4.79 Å². The Morgan fingerprint density at radius 1 is 1.36 bits per heavy atom. The molecule has 2 heterocycles. The molecule has 1 saturated carbocycles. The summed E-state index contributed by atoms with van der Waals surface area (Å²) in [5.74, 6) is 2.39. The number of piperidine rings is 1. The van der Waals surface area contributed by atoms with Crippen molar-refractivity contribution in [2.45, 2.75) is 45.6 Å². The Balaban J connectivity index is 0.00000280. The van der Waals surface area contributed by atoms with Crippen molar-refractivity contribution in [3.63, 3.8) is 0 Å². The molecule has 8 heteroatoms. The number of halogens is 1. The molecule has 1 aliphatic heterocycles. The first-order valence-electron chi connectivity index (χ1n) is 10.0. The number of aromatic nitrogens is 1. The van der Waals surface area contributed by atoms with E-state index in [0.29, 0.717) is 24.8 Å². The molecule has 0 radical (unpaired) electrons. The molecule has 1 aromatic rings. The highest BCUT2D eigenvalue weighted by molar-refractivity contribution is 14.0. The molecule has 28 heavy (non-hydrogen) atoms. The minimum Gasteiger partial charge on any atom is -0.477 e. The number of hydrogen-bond acceptors (Lipinski definition) is 4. The van der Waals surface area contributed by atoms with E-state index in [2.05, 4.69) is 22.1 Å². The summed E-state index contributed by atoms with van der Waals surface area (Å²) in [6, 6.07) is 3.94. The molecule has 1 atom stereocenters. The maximum Gasteiger partial charge on any atom is 0.217 e. The zero-order valence-corrected chi connectivity index (χ0v) is 18.9. The van der Waals surface area contributed by atoms with E-state index < -0.39 is 0 Å². The molecule has 1 unspecified atom stereocenters. The molecule has 156 valence electrons. The number of pyridine rings is 1. The summed E-state index contributed by atoms with van der Waals surface area (Å²) in [6.45, 7) is 5.98.